The van der Waals surface area contributed by atoms with E-state index in [1.54, 1.807) is 19.1 Å². The van der Waals surface area contributed by atoms with Crippen molar-refractivity contribution >= 4 is 23.5 Å². The van der Waals surface area contributed by atoms with Crippen LogP contribution in [0.15, 0.2) is 12.1 Å². The van der Waals surface area contributed by atoms with Gasteiger partial charge in [0.2, 0.25) is 5.91 Å². The van der Waals surface area contributed by atoms with E-state index in [0.29, 0.717) is 5.56 Å². The molecule has 1 aromatic carbocycles. The minimum atomic E-state index is -0.677. The number of hydrogen-bond donors (Lipinski definition) is 2. The number of aryl methyl sites for hydroxylation is 1. The molecule has 1 atom stereocenters. The van der Waals surface area contributed by atoms with E-state index < -0.39 is 12.0 Å². The summed E-state index contributed by atoms with van der Waals surface area (Å²) in [7, 11) is 0. The van der Waals surface area contributed by atoms with Crippen molar-refractivity contribution in [3.63, 3.8) is 0 Å². The molecule has 0 aliphatic carbocycles. The first-order chi connectivity index (χ1) is 9.35. The Morgan fingerprint density at radius 3 is 2.65 bits per heavy atom. The van der Waals surface area contributed by atoms with Gasteiger partial charge < -0.3 is 15.2 Å². The third kappa shape index (κ3) is 4.42. The molecular formula is C14H18ClNO4. The second kappa shape index (κ2) is 7.14. The highest BCUT2D eigenvalue weighted by Crippen LogP contribution is 2.34. The molecule has 1 amide bonds. The molecule has 0 heterocycles. The van der Waals surface area contributed by atoms with Crippen molar-refractivity contribution in [3.05, 3.63) is 28.3 Å². The maximum Gasteiger partial charge on any atom is 0.308 e. The van der Waals surface area contributed by atoms with E-state index in [0.717, 1.165) is 5.56 Å². The third-order valence-electron chi connectivity index (χ3n) is 2.67. The Hall–Kier alpha value is -1.75. The third-order valence-corrected chi connectivity index (χ3v) is 2.95. The van der Waals surface area contributed by atoms with Gasteiger partial charge in [0.15, 0.2) is 0 Å². The fourth-order valence-corrected chi connectivity index (χ4v) is 2.18. The molecule has 1 aromatic rings. The zero-order valence-electron chi connectivity index (χ0n) is 11.7. The Morgan fingerprint density at radius 2 is 2.10 bits per heavy atom. The molecule has 6 heteroatoms. The SMILES string of the molecule is CCOC(=O)CC(NC(C)=O)c1cc(C)cc(Cl)c1O. The van der Waals surface area contributed by atoms with Crippen molar-refractivity contribution in [1.82, 2.24) is 5.32 Å². The summed E-state index contributed by atoms with van der Waals surface area (Å²) in [5, 5.41) is 12.8. The van der Waals surface area contributed by atoms with Crippen LogP contribution in [0.3, 0.4) is 0 Å². The molecule has 0 aliphatic heterocycles. The molecule has 0 saturated carbocycles. The van der Waals surface area contributed by atoms with Crippen LogP contribution in [0.5, 0.6) is 5.75 Å². The van der Waals surface area contributed by atoms with Gasteiger partial charge in [-0.05, 0) is 25.5 Å². The zero-order chi connectivity index (χ0) is 15.3. The molecule has 0 bridgehead atoms. The molecule has 1 unspecified atom stereocenters. The van der Waals surface area contributed by atoms with Gasteiger partial charge in [-0.15, -0.1) is 0 Å². The predicted octanol–water partition coefficient (Wildman–Crippen LogP) is 2.48. The van der Waals surface area contributed by atoms with Crippen molar-refractivity contribution < 1.29 is 19.4 Å². The van der Waals surface area contributed by atoms with Crippen molar-refractivity contribution in [2.75, 3.05) is 6.61 Å². The number of benzene rings is 1. The number of carbonyl (C=O) groups is 2. The van der Waals surface area contributed by atoms with Crippen LogP contribution >= 0.6 is 11.6 Å². The lowest BCUT2D eigenvalue weighted by molar-refractivity contribution is -0.143. The molecule has 2 N–H and O–H groups in total. The second-order valence-electron chi connectivity index (χ2n) is 4.45. The summed E-state index contributed by atoms with van der Waals surface area (Å²) >= 11 is 5.92. The molecule has 5 nitrogen and oxygen atoms in total. The lowest BCUT2D eigenvalue weighted by Crippen LogP contribution is -2.28. The van der Waals surface area contributed by atoms with Gasteiger partial charge in [-0.25, -0.2) is 0 Å². The first-order valence-electron chi connectivity index (χ1n) is 6.26. The Morgan fingerprint density at radius 1 is 1.45 bits per heavy atom. The van der Waals surface area contributed by atoms with E-state index in [4.69, 9.17) is 16.3 Å². The van der Waals surface area contributed by atoms with Gasteiger partial charge >= 0.3 is 5.97 Å². The largest absolute Gasteiger partial charge is 0.506 e. The van der Waals surface area contributed by atoms with Gasteiger partial charge in [-0.3, -0.25) is 9.59 Å². The molecule has 0 radical (unpaired) electrons. The Labute approximate surface area is 122 Å². The minimum Gasteiger partial charge on any atom is -0.506 e. The highest BCUT2D eigenvalue weighted by Gasteiger charge is 2.22. The highest BCUT2D eigenvalue weighted by molar-refractivity contribution is 6.32. The van der Waals surface area contributed by atoms with E-state index in [1.165, 1.54) is 6.92 Å². The zero-order valence-corrected chi connectivity index (χ0v) is 12.5. The van der Waals surface area contributed by atoms with Crippen LogP contribution in [0.1, 0.15) is 37.4 Å². The van der Waals surface area contributed by atoms with Crippen molar-refractivity contribution in [3.8, 4) is 5.75 Å². The number of rotatable bonds is 5. The Balaban J connectivity index is 3.10. The number of amides is 1. The number of phenolic OH excluding ortho intramolecular Hbond substituents is 1. The van der Waals surface area contributed by atoms with Crippen molar-refractivity contribution in [1.29, 1.82) is 0 Å². The molecule has 0 saturated heterocycles. The van der Waals surface area contributed by atoms with Gasteiger partial charge in [0.1, 0.15) is 5.75 Å². The quantitative estimate of drug-likeness (QED) is 0.819. The highest BCUT2D eigenvalue weighted by atomic mass is 35.5. The normalized spacial score (nSPS) is 11.8. The summed E-state index contributed by atoms with van der Waals surface area (Å²) < 4.78 is 4.87. The van der Waals surface area contributed by atoms with Crippen LogP contribution in [0, 0.1) is 6.92 Å². The fraction of sp³-hybridized carbons (Fsp3) is 0.429. The summed E-state index contributed by atoms with van der Waals surface area (Å²) in [5.41, 5.74) is 1.22. The predicted molar refractivity (Wildman–Crippen MR) is 75.7 cm³/mol. The second-order valence-corrected chi connectivity index (χ2v) is 4.85. The summed E-state index contributed by atoms with van der Waals surface area (Å²) in [5.74, 6) is -0.903. The number of phenols is 1. The fourth-order valence-electron chi connectivity index (χ4n) is 1.90. The number of ether oxygens (including phenoxy) is 1. The lowest BCUT2D eigenvalue weighted by Gasteiger charge is -2.19. The Bertz CT molecular complexity index is 516. The number of aromatic hydroxyl groups is 1. The summed E-state index contributed by atoms with van der Waals surface area (Å²) in [6.45, 7) is 5.11. The number of esters is 1. The summed E-state index contributed by atoms with van der Waals surface area (Å²) in [4.78, 5) is 22.9. The molecule has 1 rings (SSSR count). The summed E-state index contributed by atoms with van der Waals surface area (Å²) in [6, 6.07) is 2.61. The monoisotopic (exact) mass is 299 g/mol. The van der Waals surface area contributed by atoms with Gasteiger partial charge in [-0.1, -0.05) is 17.7 Å². The molecule has 20 heavy (non-hydrogen) atoms. The van der Waals surface area contributed by atoms with Gasteiger partial charge in [0.25, 0.3) is 0 Å². The van der Waals surface area contributed by atoms with E-state index in [-0.39, 0.29) is 29.7 Å². The van der Waals surface area contributed by atoms with E-state index in [2.05, 4.69) is 5.32 Å². The smallest absolute Gasteiger partial charge is 0.308 e. The van der Waals surface area contributed by atoms with Crippen LogP contribution in [-0.4, -0.2) is 23.6 Å². The van der Waals surface area contributed by atoms with Crippen LogP contribution < -0.4 is 5.32 Å². The average molecular weight is 300 g/mol. The average Bonchev–Trinajstić information content (AvgIpc) is 2.32. The summed E-state index contributed by atoms with van der Waals surface area (Å²) in [6.07, 6.45) is -0.0687. The van der Waals surface area contributed by atoms with Crippen LogP contribution in [0.4, 0.5) is 0 Å². The van der Waals surface area contributed by atoms with Crippen molar-refractivity contribution in [2.45, 2.75) is 33.2 Å². The number of halogens is 1. The number of carbonyl (C=O) groups excluding carboxylic acids is 2. The van der Waals surface area contributed by atoms with Crippen LogP contribution in [-0.2, 0) is 14.3 Å². The first-order valence-corrected chi connectivity index (χ1v) is 6.64. The molecule has 0 spiro atoms. The molecule has 110 valence electrons. The van der Waals surface area contributed by atoms with E-state index in [9.17, 15) is 14.7 Å². The van der Waals surface area contributed by atoms with Crippen molar-refractivity contribution in [2.24, 2.45) is 0 Å². The van der Waals surface area contributed by atoms with Gasteiger partial charge in [0, 0.05) is 12.5 Å². The molecule has 0 aromatic heterocycles. The van der Waals surface area contributed by atoms with Gasteiger partial charge in [0.05, 0.1) is 24.1 Å². The first kappa shape index (κ1) is 16.3. The lowest BCUT2D eigenvalue weighted by atomic mass is 10.00. The standard InChI is InChI=1S/C14H18ClNO4/c1-4-20-13(18)7-12(16-9(3)17)10-5-8(2)6-11(15)14(10)19/h5-6,12,19H,4,7H2,1-3H3,(H,16,17). The molecule has 0 fully saturated rings. The topological polar surface area (TPSA) is 75.6 Å². The maximum absolute atomic E-state index is 11.6. The van der Waals surface area contributed by atoms with Crippen LogP contribution in [0.25, 0.3) is 0 Å². The number of hydrogen-bond acceptors (Lipinski definition) is 4. The molecular weight excluding hydrogens is 282 g/mol. The minimum absolute atomic E-state index is 0.0687. The maximum atomic E-state index is 11.6. The van der Waals surface area contributed by atoms with E-state index in [1.807, 2.05) is 6.92 Å². The van der Waals surface area contributed by atoms with Crippen LogP contribution in [0.2, 0.25) is 5.02 Å². The van der Waals surface area contributed by atoms with E-state index >= 15 is 0 Å². The number of nitrogens with one attached hydrogen (secondary N) is 1. The Kier molecular flexibility index (Phi) is 5.82. The molecule has 0 aliphatic rings. The van der Waals surface area contributed by atoms with Gasteiger partial charge in [-0.2, -0.15) is 0 Å².